The molecule has 0 aliphatic heterocycles. The molecular weight excluding hydrogens is 268 g/mol. The molecule has 0 aliphatic carbocycles. The van der Waals surface area contributed by atoms with Crippen LogP contribution in [-0.2, 0) is 6.42 Å². The first kappa shape index (κ1) is 11.3. The molecule has 0 bridgehead atoms. The topological polar surface area (TPSA) is 56.7 Å². The first-order valence-corrected chi connectivity index (χ1v) is 5.84. The van der Waals surface area contributed by atoms with Gasteiger partial charge in [0.15, 0.2) is 0 Å². The molecule has 16 heavy (non-hydrogen) atoms. The summed E-state index contributed by atoms with van der Waals surface area (Å²) in [6, 6.07) is 2.19. The van der Waals surface area contributed by atoms with E-state index < -0.39 is 0 Å². The second kappa shape index (κ2) is 4.76. The van der Waals surface area contributed by atoms with Gasteiger partial charge in [-0.1, -0.05) is 0 Å². The number of rotatable bonds is 3. The summed E-state index contributed by atoms with van der Waals surface area (Å²) in [6.07, 6.45) is 8.09. The van der Waals surface area contributed by atoms with E-state index in [-0.39, 0.29) is 6.04 Å². The zero-order chi connectivity index (χ0) is 11.5. The van der Waals surface area contributed by atoms with Crippen molar-refractivity contribution in [3.8, 4) is 5.69 Å². The molecule has 0 saturated carbocycles. The monoisotopic (exact) mass is 280 g/mol. The van der Waals surface area contributed by atoms with Crippen LogP contribution >= 0.6 is 15.9 Å². The van der Waals surface area contributed by atoms with Crippen LogP contribution < -0.4 is 5.73 Å². The van der Waals surface area contributed by atoms with Crippen molar-refractivity contribution in [3.05, 3.63) is 40.9 Å². The van der Waals surface area contributed by atoms with E-state index in [4.69, 9.17) is 5.73 Å². The molecule has 1 atom stereocenters. The van der Waals surface area contributed by atoms with Gasteiger partial charge in [-0.05, 0) is 40.9 Å². The SMILES string of the molecule is CC(N)Cc1cncc(-n2cc(Br)cn2)c1. The van der Waals surface area contributed by atoms with Crippen LogP contribution in [0.5, 0.6) is 0 Å². The van der Waals surface area contributed by atoms with Crippen LogP contribution in [0.3, 0.4) is 0 Å². The molecular formula is C11H13BrN4. The highest BCUT2D eigenvalue weighted by atomic mass is 79.9. The predicted molar refractivity (Wildman–Crippen MR) is 66.4 cm³/mol. The van der Waals surface area contributed by atoms with Crippen molar-refractivity contribution in [2.45, 2.75) is 19.4 Å². The Hall–Kier alpha value is -1.20. The number of nitrogens with two attached hydrogens (primary N) is 1. The molecule has 0 amide bonds. The maximum atomic E-state index is 5.76. The van der Waals surface area contributed by atoms with Crippen molar-refractivity contribution < 1.29 is 0 Å². The quantitative estimate of drug-likeness (QED) is 0.935. The second-order valence-electron chi connectivity index (χ2n) is 3.84. The molecule has 0 spiro atoms. The van der Waals surface area contributed by atoms with Crippen LogP contribution in [0.15, 0.2) is 35.3 Å². The Balaban J connectivity index is 2.28. The Morgan fingerprint density at radius 3 is 2.88 bits per heavy atom. The minimum atomic E-state index is 0.140. The van der Waals surface area contributed by atoms with Crippen LogP contribution in [0.2, 0.25) is 0 Å². The third-order valence-corrected chi connectivity index (χ3v) is 2.56. The van der Waals surface area contributed by atoms with Gasteiger partial charge in [0, 0.05) is 18.4 Å². The van der Waals surface area contributed by atoms with Crippen molar-refractivity contribution in [1.29, 1.82) is 0 Å². The molecule has 2 heterocycles. The van der Waals surface area contributed by atoms with Gasteiger partial charge in [-0.3, -0.25) is 4.98 Å². The minimum Gasteiger partial charge on any atom is -0.328 e. The highest BCUT2D eigenvalue weighted by Gasteiger charge is 2.03. The lowest BCUT2D eigenvalue weighted by Gasteiger charge is -2.06. The van der Waals surface area contributed by atoms with Crippen LogP contribution in [0, 0.1) is 0 Å². The zero-order valence-corrected chi connectivity index (χ0v) is 10.6. The smallest absolute Gasteiger partial charge is 0.0831 e. The lowest BCUT2D eigenvalue weighted by Crippen LogP contribution is -2.18. The van der Waals surface area contributed by atoms with E-state index in [1.807, 2.05) is 19.3 Å². The van der Waals surface area contributed by atoms with Crippen LogP contribution in [0.4, 0.5) is 0 Å². The lowest BCUT2D eigenvalue weighted by atomic mass is 10.1. The van der Waals surface area contributed by atoms with E-state index in [0.29, 0.717) is 0 Å². The number of nitrogens with zero attached hydrogens (tertiary/aromatic N) is 3. The Bertz CT molecular complexity index is 478. The van der Waals surface area contributed by atoms with Gasteiger partial charge in [0.25, 0.3) is 0 Å². The molecule has 2 aromatic rings. The van der Waals surface area contributed by atoms with Crippen molar-refractivity contribution in [3.63, 3.8) is 0 Å². The highest BCUT2D eigenvalue weighted by Crippen LogP contribution is 2.13. The molecule has 5 heteroatoms. The molecule has 2 aromatic heterocycles. The molecule has 2 rings (SSSR count). The normalized spacial score (nSPS) is 12.7. The molecule has 0 aliphatic rings. The molecule has 4 nitrogen and oxygen atoms in total. The summed E-state index contributed by atoms with van der Waals surface area (Å²) in [5.41, 5.74) is 7.83. The molecule has 0 saturated heterocycles. The van der Waals surface area contributed by atoms with E-state index in [9.17, 15) is 0 Å². The fourth-order valence-corrected chi connectivity index (χ4v) is 1.81. The summed E-state index contributed by atoms with van der Waals surface area (Å²) in [5.74, 6) is 0. The summed E-state index contributed by atoms with van der Waals surface area (Å²) in [5, 5.41) is 4.20. The Morgan fingerprint density at radius 2 is 2.25 bits per heavy atom. The first-order valence-electron chi connectivity index (χ1n) is 5.05. The Labute approximate surface area is 103 Å². The number of pyridine rings is 1. The fraction of sp³-hybridized carbons (Fsp3) is 0.273. The maximum Gasteiger partial charge on any atom is 0.0831 e. The average Bonchev–Trinajstić information content (AvgIpc) is 2.64. The largest absolute Gasteiger partial charge is 0.328 e. The van der Waals surface area contributed by atoms with E-state index in [1.54, 1.807) is 17.1 Å². The van der Waals surface area contributed by atoms with E-state index in [1.165, 1.54) is 0 Å². The number of halogens is 1. The van der Waals surface area contributed by atoms with Gasteiger partial charge in [0.05, 0.1) is 22.6 Å². The summed E-state index contributed by atoms with van der Waals surface area (Å²) in [4.78, 5) is 4.19. The van der Waals surface area contributed by atoms with Gasteiger partial charge in [-0.2, -0.15) is 5.10 Å². The van der Waals surface area contributed by atoms with Crippen molar-refractivity contribution in [2.75, 3.05) is 0 Å². The molecule has 1 unspecified atom stereocenters. The third kappa shape index (κ3) is 2.68. The van der Waals surface area contributed by atoms with Gasteiger partial charge < -0.3 is 5.73 Å². The molecule has 0 radical (unpaired) electrons. The summed E-state index contributed by atoms with van der Waals surface area (Å²) >= 11 is 3.36. The zero-order valence-electron chi connectivity index (χ0n) is 8.97. The lowest BCUT2D eigenvalue weighted by molar-refractivity contribution is 0.733. The van der Waals surface area contributed by atoms with Crippen molar-refractivity contribution in [2.24, 2.45) is 5.73 Å². The summed E-state index contributed by atoms with van der Waals surface area (Å²) < 4.78 is 2.73. The van der Waals surface area contributed by atoms with Gasteiger partial charge >= 0.3 is 0 Å². The summed E-state index contributed by atoms with van der Waals surface area (Å²) in [7, 11) is 0. The Morgan fingerprint density at radius 1 is 1.44 bits per heavy atom. The number of hydrogen-bond acceptors (Lipinski definition) is 3. The highest BCUT2D eigenvalue weighted by molar-refractivity contribution is 9.10. The van der Waals surface area contributed by atoms with Gasteiger partial charge in [-0.25, -0.2) is 4.68 Å². The van der Waals surface area contributed by atoms with Crippen molar-refractivity contribution in [1.82, 2.24) is 14.8 Å². The maximum absolute atomic E-state index is 5.76. The third-order valence-electron chi connectivity index (χ3n) is 2.15. The minimum absolute atomic E-state index is 0.140. The predicted octanol–water partition coefficient (Wildman–Crippen LogP) is 1.92. The molecule has 0 fully saturated rings. The van der Waals surface area contributed by atoms with Gasteiger partial charge in [0.1, 0.15) is 0 Å². The second-order valence-corrected chi connectivity index (χ2v) is 4.75. The van der Waals surface area contributed by atoms with Gasteiger partial charge in [-0.15, -0.1) is 0 Å². The first-order chi connectivity index (χ1) is 7.65. The standard InChI is InChI=1S/C11H13BrN4/c1-8(13)2-9-3-11(6-14-4-9)16-7-10(12)5-15-16/h3-8H,2,13H2,1H3. The van der Waals surface area contributed by atoms with Crippen molar-refractivity contribution >= 4 is 15.9 Å². The average molecular weight is 281 g/mol. The van der Waals surface area contributed by atoms with Crippen LogP contribution in [0.1, 0.15) is 12.5 Å². The number of aromatic nitrogens is 3. The fourth-order valence-electron chi connectivity index (χ4n) is 1.52. The molecule has 2 N–H and O–H groups in total. The number of hydrogen-bond donors (Lipinski definition) is 1. The Kier molecular flexibility index (Phi) is 3.36. The summed E-state index contributed by atoms with van der Waals surface area (Å²) in [6.45, 7) is 1.98. The van der Waals surface area contributed by atoms with E-state index >= 15 is 0 Å². The molecule has 0 aromatic carbocycles. The molecule has 84 valence electrons. The van der Waals surface area contributed by atoms with Gasteiger partial charge in [0.2, 0.25) is 0 Å². The van der Waals surface area contributed by atoms with Crippen LogP contribution in [0.25, 0.3) is 5.69 Å². The van der Waals surface area contributed by atoms with Crippen LogP contribution in [-0.4, -0.2) is 20.8 Å². The van der Waals surface area contributed by atoms with E-state index in [2.05, 4.69) is 32.1 Å². The van der Waals surface area contributed by atoms with E-state index in [0.717, 1.165) is 22.1 Å².